The molecule has 1 atom stereocenters. The van der Waals surface area contributed by atoms with Crippen molar-refractivity contribution in [3.05, 3.63) is 29.8 Å². The molecule has 0 aliphatic heterocycles. The highest BCUT2D eigenvalue weighted by molar-refractivity contribution is 5.77. The van der Waals surface area contributed by atoms with Crippen LogP contribution >= 0.6 is 0 Å². The predicted molar refractivity (Wildman–Crippen MR) is 75.4 cm³/mol. The number of carboxylic acids is 1. The number of benzene rings is 1. The molecule has 4 nitrogen and oxygen atoms in total. The molecule has 0 heterocycles. The van der Waals surface area contributed by atoms with Gasteiger partial charge in [0, 0.05) is 0 Å². The van der Waals surface area contributed by atoms with E-state index in [9.17, 15) is 4.79 Å². The fraction of sp³-hybridized carbons (Fsp3) is 0.533. The maximum absolute atomic E-state index is 10.8. The number of hydrogen-bond donors (Lipinski definition) is 2. The molecule has 0 fully saturated rings. The van der Waals surface area contributed by atoms with Crippen LogP contribution in [-0.2, 0) is 11.2 Å². The molecular weight excluding hydrogens is 242 g/mol. The Kier molecular flexibility index (Phi) is 5.83. The number of carboxylic acid groups (broad SMARTS) is 1. The number of carbonyl (C=O) groups is 1. The summed E-state index contributed by atoms with van der Waals surface area (Å²) in [5.41, 5.74) is 5.71. The van der Waals surface area contributed by atoms with Gasteiger partial charge < -0.3 is 15.6 Å². The molecule has 4 heteroatoms. The van der Waals surface area contributed by atoms with Crippen molar-refractivity contribution in [3.63, 3.8) is 0 Å². The molecule has 106 valence electrons. The van der Waals surface area contributed by atoms with Crippen LogP contribution in [0.4, 0.5) is 0 Å². The molecule has 1 rings (SSSR count). The van der Waals surface area contributed by atoms with Gasteiger partial charge in [-0.3, -0.25) is 4.79 Å². The van der Waals surface area contributed by atoms with Crippen LogP contribution in [0, 0.1) is 0 Å². The van der Waals surface area contributed by atoms with Crippen molar-refractivity contribution in [1.82, 2.24) is 0 Å². The summed E-state index contributed by atoms with van der Waals surface area (Å²) in [6, 6.07) is 7.97. The van der Waals surface area contributed by atoms with Gasteiger partial charge in [0.1, 0.15) is 11.3 Å². The van der Waals surface area contributed by atoms with Crippen molar-refractivity contribution in [1.29, 1.82) is 0 Å². The van der Waals surface area contributed by atoms with Gasteiger partial charge in [-0.25, -0.2) is 0 Å². The summed E-state index contributed by atoms with van der Waals surface area (Å²) >= 11 is 0. The monoisotopic (exact) mass is 265 g/mol. The molecular formula is C15H23NO3. The third kappa shape index (κ3) is 4.91. The molecule has 3 N–H and O–H groups in total. The van der Waals surface area contributed by atoms with Gasteiger partial charge in [-0.15, -0.1) is 0 Å². The van der Waals surface area contributed by atoms with E-state index in [1.807, 2.05) is 18.2 Å². The Balaban J connectivity index is 2.30. The molecule has 0 amide bonds. The second-order valence-corrected chi connectivity index (χ2v) is 4.99. The smallest absolute Gasteiger partial charge is 0.323 e. The third-order valence-electron chi connectivity index (χ3n) is 3.19. The molecule has 0 saturated carbocycles. The Morgan fingerprint density at radius 1 is 1.37 bits per heavy atom. The van der Waals surface area contributed by atoms with E-state index < -0.39 is 11.5 Å². The summed E-state index contributed by atoms with van der Waals surface area (Å²) < 4.78 is 5.71. The Hall–Kier alpha value is -1.55. The van der Waals surface area contributed by atoms with Gasteiger partial charge in [0.15, 0.2) is 0 Å². The topological polar surface area (TPSA) is 72.5 Å². The number of rotatable bonds is 8. The van der Waals surface area contributed by atoms with Gasteiger partial charge in [0.2, 0.25) is 0 Å². The number of unbranched alkanes of at least 4 members (excludes halogenated alkanes) is 1. The van der Waals surface area contributed by atoms with Crippen molar-refractivity contribution in [3.8, 4) is 5.75 Å². The zero-order valence-electron chi connectivity index (χ0n) is 11.7. The number of aryl methyl sites for hydroxylation is 1. The molecule has 0 spiro atoms. The first-order valence-corrected chi connectivity index (χ1v) is 6.70. The average molecular weight is 265 g/mol. The van der Waals surface area contributed by atoms with Crippen LogP contribution in [0.5, 0.6) is 5.75 Å². The van der Waals surface area contributed by atoms with Crippen LogP contribution in [0.1, 0.15) is 38.7 Å². The van der Waals surface area contributed by atoms with Crippen molar-refractivity contribution in [2.24, 2.45) is 5.73 Å². The molecule has 0 aliphatic carbocycles. The van der Waals surface area contributed by atoms with Gasteiger partial charge in [0.05, 0.1) is 6.61 Å². The zero-order valence-corrected chi connectivity index (χ0v) is 11.7. The van der Waals surface area contributed by atoms with Crippen molar-refractivity contribution in [2.45, 2.75) is 45.1 Å². The van der Waals surface area contributed by atoms with Crippen molar-refractivity contribution in [2.75, 3.05) is 6.61 Å². The normalized spacial score (nSPS) is 13.8. The lowest BCUT2D eigenvalue weighted by Gasteiger charge is -2.18. The van der Waals surface area contributed by atoms with Crippen LogP contribution < -0.4 is 10.5 Å². The second kappa shape index (κ2) is 7.14. The van der Waals surface area contributed by atoms with Gasteiger partial charge in [-0.05, 0) is 44.2 Å². The summed E-state index contributed by atoms with van der Waals surface area (Å²) in [5, 5.41) is 8.89. The standard InChI is InChI=1S/C15H23NO3/c1-3-12-8-4-5-9-13(12)19-11-7-6-10-15(2,16)14(17)18/h4-5,8-9H,3,6-7,10-11,16H2,1-2H3,(H,17,18). The zero-order chi connectivity index (χ0) is 14.3. The van der Waals surface area contributed by atoms with E-state index in [0.29, 0.717) is 13.0 Å². The van der Waals surface area contributed by atoms with Crippen LogP contribution in [0.3, 0.4) is 0 Å². The number of nitrogens with two attached hydrogens (primary N) is 1. The number of aliphatic carboxylic acids is 1. The Morgan fingerprint density at radius 2 is 2.05 bits per heavy atom. The molecule has 19 heavy (non-hydrogen) atoms. The van der Waals surface area contributed by atoms with Gasteiger partial charge in [-0.2, -0.15) is 0 Å². The quantitative estimate of drug-likeness (QED) is 0.709. The summed E-state index contributed by atoms with van der Waals surface area (Å²) in [6.45, 7) is 4.23. The van der Waals surface area contributed by atoms with E-state index >= 15 is 0 Å². The molecule has 0 aliphatic rings. The number of hydrogen-bond acceptors (Lipinski definition) is 3. The Morgan fingerprint density at radius 3 is 2.68 bits per heavy atom. The van der Waals surface area contributed by atoms with E-state index in [1.54, 1.807) is 6.92 Å². The number of para-hydroxylation sites is 1. The first-order chi connectivity index (χ1) is 8.97. The van der Waals surface area contributed by atoms with Gasteiger partial charge >= 0.3 is 5.97 Å². The first kappa shape index (κ1) is 15.5. The third-order valence-corrected chi connectivity index (χ3v) is 3.19. The second-order valence-electron chi connectivity index (χ2n) is 4.99. The molecule has 1 unspecified atom stereocenters. The average Bonchev–Trinajstić information content (AvgIpc) is 2.38. The highest BCUT2D eigenvalue weighted by atomic mass is 16.5. The Labute approximate surface area is 114 Å². The van der Waals surface area contributed by atoms with E-state index in [-0.39, 0.29) is 0 Å². The van der Waals surface area contributed by atoms with E-state index in [0.717, 1.165) is 25.0 Å². The van der Waals surface area contributed by atoms with Crippen LogP contribution in [0.25, 0.3) is 0 Å². The fourth-order valence-electron chi connectivity index (χ4n) is 1.82. The summed E-state index contributed by atoms with van der Waals surface area (Å²) in [4.78, 5) is 10.8. The lowest BCUT2D eigenvalue weighted by atomic mass is 9.97. The maximum atomic E-state index is 10.8. The lowest BCUT2D eigenvalue weighted by Crippen LogP contribution is -2.44. The first-order valence-electron chi connectivity index (χ1n) is 6.70. The van der Waals surface area contributed by atoms with Crippen LogP contribution in [0.2, 0.25) is 0 Å². The SMILES string of the molecule is CCc1ccccc1OCCCCC(C)(N)C(=O)O. The van der Waals surface area contributed by atoms with E-state index in [2.05, 4.69) is 13.0 Å². The number of ether oxygens (including phenoxy) is 1. The minimum absolute atomic E-state index is 0.459. The predicted octanol–water partition coefficient (Wildman–Crippen LogP) is 2.60. The van der Waals surface area contributed by atoms with E-state index in [1.165, 1.54) is 5.56 Å². The lowest BCUT2D eigenvalue weighted by molar-refractivity contribution is -0.142. The molecule has 0 saturated heterocycles. The van der Waals surface area contributed by atoms with Gasteiger partial charge in [-0.1, -0.05) is 25.1 Å². The highest BCUT2D eigenvalue weighted by Crippen LogP contribution is 2.19. The maximum Gasteiger partial charge on any atom is 0.323 e. The fourth-order valence-corrected chi connectivity index (χ4v) is 1.82. The molecule has 1 aromatic rings. The molecule has 1 aromatic carbocycles. The molecule has 0 aromatic heterocycles. The minimum Gasteiger partial charge on any atom is -0.493 e. The summed E-state index contributed by atoms with van der Waals surface area (Å²) in [5.74, 6) is -0.0384. The molecule has 0 radical (unpaired) electrons. The van der Waals surface area contributed by atoms with Gasteiger partial charge in [0.25, 0.3) is 0 Å². The van der Waals surface area contributed by atoms with Crippen LogP contribution in [0.15, 0.2) is 24.3 Å². The largest absolute Gasteiger partial charge is 0.493 e. The highest BCUT2D eigenvalue weighted by Gasteiger charge is 2.26. The van der Waals surface area contributed by atoms with Crippen LogP contribution in [-0.4, -0.2) is 23.2 Å². The minimum atomic E-state index is -1.14. The summed E-state index contributed by atoms with van der Waals surface area (Å²) in [6.07, 6.45) is 2.95. The molecule has 0 bridgehead atoms. The Bertz CT molecular complexity index is 416. The van der Waals surface area contributed by atoms with Crippen molar-refractivity contribution < 1.29 is 14.6 Å². The van der Waals surface area contributed by atoms with Crippen molar-refractivity contribution >= 4 is 5.97 Å². The van der Waals surface area contributed by atoms with E-state index in [4.69, 9.17) is 15.6 Å². The summed E-state index contributed by atoms with van der Waals surface area (Å²) in [7, 11) is 0.